The van der Waals surface area contributed by atoms with E-state index in [9.17, 15) is 4.79 Å². The van der Waals surface area contributed by atoms with E-state index in [4.69, 9.17) is 4.74 Å². The number of pyridine rings is 1. The smallest absolute Gasteiger partial charge is 0.413 e. The van der Waals surface area contributed by atoms with Crippen LogP contribution in [0.4, 0.5) is 16.4 Å². The minimum absolute atomic E-state index is 0.429. The van der Waals surface area contributed by atoms with E-state index in [0.717, 1.165) is 4.90 Å². The molecule has 7 nitrogen and oxygen atoms in total. The third-order valence-corrected chi connectivity index (χ3v) is 2.99. The summed E-state index contributed by atoms with van der Waals surface area (Å²) in [6.07, 6.45) is 5.95. The van der Waals surface area contributed by atoms with E-state index in [2.05, 4.69) is 25.0 Å². The van der Waals surface area contributed by atoms with Crippen molar-refractivity contribution in [3.63, 3.8) is 0 Å². The van der Waals surface area contributed by atoms with E-state index in [1.165, 1.54) is 11.9 Å². The Hall–Kier alpha value is -2.35. The van der Waals surface area contributed by atoms with Gasteiger partial charge in [0.15, 0.2) is 5.82 Å². The van der Waals surface area contributed by atoms with Crippen molar-refractivity contribution < 1.29 is 9.53 Å². The summed E-state index contributed by atoms with van der Waals surface area (Å²) in [7, 11) is 0. The number of anilines is 2. The van der Waals surface area contributed by atoms with Crippen LogP contribution in [0.25, 0.3) is 0 Å². The standard InChI is InChI=1S/C14H17N5O2S/c1-14(2,3)21-13(20)18-11-5-4-10(8-17-11)22-19-12-9-15-6-7-16-12/h4-9H,1-3H3,(H,16,19)(H,17,18,20). The summed E-state index contributed by atoms with van der Waals surface area (Å²) in [6, 6.07) is 3.53. The van der Waals surface area contributed by atoms with Gasteiger partial charge in [0.1, 0.15) is 11.4 Å². The van der Waals surface area contributed by atoms with Crippen LogP contribution in [0.3, 0.4) is 0 Å². The summed E-state index contributed by atoms with van der Waals surface area (Å²) in [5, 5.41) is 2.58. The van der Waals surface area contributed by atoms with Crippen LogP contribution < -0.4 is 10.0 Å². The van der Waals surface area contributed by atoms with Gasteiger partial charge in [-0.1, -0.05) is 0 Å². The number of aromatic nitrogens is 3. The Kier molecular flexibility index (Phi) is 5.16. The molecule has 0 aromatic carbocycles. The molecule has 0 aliphatic carbocycles. The molecule has 2 aromatic rings. The van der Waals surface area contributed by atoms with Gasteiger partial charge in [0.25, 0.3) is 0 Å². The maximum absolute atomic E-state index is 11.6. The average Bonchev–Trinajstić information content (AvgIpc) is 2.45. The third-order valence-electron chi connectivity index (χ3n) is 2.20. The zero-order valence-corrected chi connectivity index (χ0v) is 13.3. The molecule has 2 heterocycles. The molecular weight excluding hydrogens is 302 g/mol. The molecule has 2 aromatic heterocycles. The molecule has 0 radical (unpaired) electrons. The lowest BCUT2D eigenvalue weighted by molar-refractivity contribution is 0.0635. The van der Waals surface area contributed by atoms with Gasteiger partial charge in [0.05, 0.1) is 6.20 Å². The number of carbonyl (C=O) groups excluding carboxylic acids is 1. The summed E-state index contributed by atoms with van der Waals surface area (Å²) in [5.41, 5.74) is -0.541. The maximum Gasteiger partial charge on any atom is 0.413 e. The molecule has 116 valence electrons. The molecule has 1 amide bonds. The number of hydrogen-bond donors (Lipinski definition) is 2. The molecule has 2 rings (SSSR count). The van der Waals surface area contributed by atoms with Crippen LogP contribution in [-0.4, -0.2) is 26.6 Å². The van der Waals surface area contributed by atoms with Crippen molar-refractivity contribution in [2.45, 2.75) is 31.3 Å². The Balaban J connectivity index is 1.86. The molecule has 22 heavy (non-hydrogen) atoms. The van der Waals surface area contributed by atoms with E-state index in [1.54, 1.807) is 51.6 Å². The molecule has 0 atom stereocenters. The van der Waals surface area contributed by atoms with Crippen LogP contribution in [-0.2, 0) is 4.74 Å². The largest absolute Gasteiger partial charge is 0.444 e. The highest BCUT2D eigenvalue weighted by Gasteiger charge is 2.16. The van der Waals surface area contributed by atoms with Gasteiger partial charge < -0.3 is 9.46 Å². The number of nitrogens with zero attached hydrogens (tertiary/aromatic N) is 3. The van der Waals surface area contributed by atoms with Crippen LogP contribution in [0.2, 0.25) is 0 Å². The highest BCUT2D eigenvalue weighted by atomic mass is 32.2. The summed E-state index contributed by atoms with van der Waals surface area (Å²) in [4.78, 5) is 24.7. The zero-order chi connectivity index (χ0) is 16.0. The molecular formula is C14H17N5O2S. The second kappa shape index (κ2) is 7.08. The lowest BCUT2D eigenvalue weighted by Gasteiger charge is -2.19. The fourth-order valence-corrected chi connectivity index (χ4v) is 1.96. The normalized spacial score (nSPS) is 10.9. The van der Waals surface area contributed by atoms with E-state index < -0.39 is 11.7 Å². The predicted molar refractivity (Wildman–Crippen MR) is 85.6 cm³/mol. The van der Waals surface area contributed by atoms with Gasteiger partial charge in [0, 0.05) is 23.5 Å². The molecule has 0 spiro atoms. The number of rotatable bonds is 4. The van der Waals surface area contributed by atoms with Crippen LogP contribution >= 0.6 is 11.9 Å². The van der Waals surface area contributed by atoms with E-state index in [-0.39, 0.29) is 0 Å². The van der Waals surface area contributed by atoms with Crippen molar-refractivity contribution in [1.29, 1.82) is 0 Å². The topological polar surface area (TPSA) is 89.0 Å². The first-order valence-electron chi connectivity index (χ1n) is 6.57. The van der Waals surface area contributed by atoms with Crippen LogP contribution in [0, 0.1) is 0 Å². The van der Waals surface area contributed by atoms with Gasteiger partial charge in [-0.2, -0.15) is 0 Å². The number of hydrogen-bond acceptors (Lipinski definition) is 7. The van der Waals surface area contributed by atoms with Gasteiger partial charge in [0.2, 0.25) is 0 Å². The monoisotopic (exact) mass is 319 g/mol. The first kappa shape index (κ1) is 16.0. The van der Waals surface area contributed by atoms with Crippen molar-refractivity contribution in [1.82, 2.24) is 15.0 Å². The number of amides is 1. The molecule has 0 aliphatic heterocycles. The first-order valence-corrected chi connectivity index (χ1v) is 7.39. The molecule has 2 N–H and O–H groups in total. The molecule has 0 bridgehead atoms. The molecule has 8 heteroatoms. The molecule has 0 fully saturated rings. The van der Waals surface area contributed by atoms with Gasteiger partial charge in [-0.25, -0.2) is 14.8 Å². The maximum atomic E-state index is 11.6. The Bertz CT molecular complexity index is 613. The second-order valence-corrected chi connectivity index (χ2v) is 6.18. The fraction of sp³-hybridized carbons (Fsp3) is 0.286. The van der Waals surface area contributed by atoms with Crippen molar-refractivity contribution >= 4 is 29.7 Å². The molecule has 0 saturated heterocycles. The van der Waals surface area contributed by atoms with Gasteiger partial charge in [-0.05, 0) is 44.9 Å². The average molecular weight is 319 g/mol. The van der Waals surface area contributed by atoms with Crippen molar-refractivity contribution in [2.75, 3.05) is 10.0 Å². The molecule has 0 saturated carbocycles. The SMILES string of the molecule is CC(C)(C)OC(=O)Nc1ccc(SNc2cnccn2)cn1. The van der Waals surface area contributed by atoms with Crippen LogP contribution in [0.15, 0.2) is 41.8 Å². The van der Waals surface area contributed by atoms with Crippen molar-refractivity contribution in [3.05, 3.63) is 36.9 Å². The minimum atomic E-state index is -0.541. The van der Waals surface area contributed by atoms with Crippen LogP contribution in [0.1, 0.15) is 20.8 Å². The van der Waals surface area contributed by atoms with Gasteiger partial charge in [-0.3, -0.25) is 10.3 Å². The van der Waals surface area contributed by atoms with E-state index >= 15 is 0 Å². The quantitative estimate of drug-likeness (QED) is 0.835. The van der Waals surface area contributed by atoms with E-state index in [1.807, 2.05) is 6.07 Å². The minimum Gasteiger partial charge on any atom is -0.444 e. The molecule has 0 unspecified atom stereocenters. The fourth-order valence-electron chi connectivity index (χ4n) is 1.39. The Morgan fingerprint density at radius 2 is 1.95 bits per heavy atom. The summed E-state index contributed by atoms with van der Waals surface area (Å²) >= 11 is 1.35. The predicted octanol–water partition coefficient (Wildman–Crippen LogP) is 3.34. The lowest BCUT2D eigenvalue weighted by atomic mass is 10.2. The Labute approximate surface area is 133 Å². The molecule has 0 aliphatic rings. The first-order chi connectivity index (χ1) is 10.4. The number of carbonyl (C=O) groups is 1. The van der Waals surface area contributed by atoms with Crippen molar-refractivity contribution in [2.24, 2.45) is 0 Å². The van der Waals surface area contributed by atoms with E-state index in [0.29, 0.717) is 11.6 Å². The summed E-state index contributed by atoms with van der Waals surface area (Å²) in [5.74, 6) is 1.08. The summed E-state index contributed by atoms with van der Waals surface area (Å²) < 4.78 is 8.20. The Morgan fingerprint density at radius 3 is 2.55 bits per heavy atom. The zero-order valence-electron chi connectivity index (χ0n) is 12.5. The third kappa shape index (κ3) is 5.57. The second-order valence-electron chi connectivity index (χ2n) is 5.30. The Morgan fingerprint density at radius 1 is 1.14 bits per heavy atom. The number of nitrogens with one attached hydrogen (secondary N) is 2. The van der Waals surface area contributed by atoms with Gasteiger partial charge >= 0.3 is 6.09 Å². The van der Waals surface area contributed by atoms with Crippen molar-refractivity contribution in [3.8, 4) is 0 Å². The van der Waals surface area contributed by atoms with Gasteiger partial charge in [-0.15, -0.1) is 0 Å². The summed E-state index contributed by atoms with van der Waals surface area (Å²) in [6.45, 7) is 5.41. The lowest BCUT2D eigenvalue weighted by Crippen LogP contribution is -2.27. The van der Waals surface area contributed by atoms with Crippen LogP contribution in [0.5, 0.6) is 0 Å². The highest BCUT2D eigenvalue weighted by molar-refractivity contribution is 8.00. The highest BCUT2D eigenvalue weighted by Crippen LogP contribution is 2.19. The number of ether oxygens (including phenoxy) is 1.